The van der Waals surface area contributed by atoms with Crippen molar-refractivity contribution in [3.05, 3.63) is 34.8 Å². The molecule has 0 aromatic heterocycles. The molecule has 0 atom stereocenters. The summed E-state index contributed by atoms with van der Waals surface area (Å²) < 4.78 is 5.03. The average molecular weight is 232 g/mol. The molecule has 0 aliphatic heterocycles. The summed E-state index contributed by atoms with van der Waals surface area (Å²) in [6.07, 6.45) is 1.79. The summed E-state index contributed by atoms with van der Waals surface area (Å²) in [4.78, 5) is 0. The number of hydrogen-bond donors (Lipinski definition) is 1. The summed E-state index contributed by atoms with van der Waals surface area (Å²) in [6.45, 7) is 0.648. The van der Waals surface area contributed by atoms with Crippen LogP contribution in [0.25, 0.3) is 0 Å². The van der Waals surface area contributed by atoms with Gasteiger partial charge in [-0.05, 0) is 12.1 Å². The molecule has 76 valence electrons. The van der Waals surface area contributed by atoms with E-state index in [1.807, 2.05) is 12.1 Å². The molecule has 0 fully saturated rings. The molecule has 0 aliphatic rings. The number of hydrogen-bond acceptors (Lipinski definition) is 2. The fourth-order valence-electron chi connectivity index (χ4n) is 0.980. The van der Waals surface area contributed by atoms with Crippen molar-refractivity contribution < 1.29 is 4.74 Å². The molecule has 0 radical (unpaired) electrons. The van der Waals surface area contributed by atoms with E-state index in [0.717, 1.165) is 11.4 Å². The Hall–Kier alpha value is -0.860. The van der Waals surface area contributed by atoms with Crippen LogP contribution in [0.4, 0.5) is 5.69 Å². The molecular formula is C10H11Cl2NO. The highest BCUT2D eigenvalue weighted by Gasteiger charge is 1.99. The van der Waals surface area contributed by atoms with E-state index in [-0.39, 0.29) is 0 Å². The second kappa shape index (κ2) is 5.78. The Morgan fingerprint density at radius 3 is 2.86 bits per heavy atom. The van der Waals surface area contributed by atoms with E-state index in [1.165, 1.54) is 5.54 Å². The Balaban J connectivity index is 2.68. The van der Waals surface area contributed by atoms with Gasteiger partial charge >= 0.3 is 0 Å². The van der Waals surface area contributed by atoms with Gasteiger partial charge in [0.1, 0.15) is 5.75 Å². The lowest BCUT2D eigenvalue weighted by Gasteiger charge is -2.07. The summed E-state index contributed by atoms with van der Waals surface area (Å²) in [6, 6.07) is 5.47. The minimum absolute atomic E-state index is 0.632. The smallest absolute Gasteiger partial charge is 0.120 e. The van der Waals surface area contributed by atoms with E-state index in [1.54, 1.807) is 19.3 Å². The van der Waals surface area contributed by atoms with Crippen LogP contribution in [0.2, 0.25) is 5.02 Å². The van der Waals surface area contributed by atoms with Crippen LogP contribution in [0.5, 0.6) is 5.75 Å². The van der Waals surface area contributed by atoms with Crippen LogP contribution < -0.4 is 10.1 Å². The van der Waals surface area contributed by atoms with Crippen molar-refractivity contribution in [2.45, 2.75) is 0 Å². The third kappa shape index (κ3) is 3.13. The Kier molecular flexibility index (Phi) is 4.63. The van der Waals surface area contributed by atoms with Crippen molar-refractivity contribution in [3.63, 3.8) is 0 Å². The van der Waals surface area contributed by atoms with Crippen LogP contribution >= 0.6 is 23.2 Å². The van der Waals surface area contributed by atoms with Crippen molar-refractivity contribution >= 4 is 28.9 Å². The van der Waals surface area contributed by atoms with Crippen molar-refractivity contribution in [2.75, 3.05) is 19.0 Å². The van der Waals surface area contributed by atoms with Crippen LogP contribution in [-0.2, 0) is 0 Å². The zero-order chi connectivity index (χ0) is 10.4. The maximum Gasteiger partial charge on any atom is 0.120 e. The number of nitrogens with one attached hydrogen (secondary N) is 1. The lowest BCUT2D eigenvalue weighted by atomic mass is 10.3. The number of methoxy groups -OCH3 is 1. The van der Waals surface area contributed by atoms with Gasteiger partial charge in [-0.15, -0.1) is 0 Å². The molecule has 0 saturated carbocycles. The first-order valence-corrected chi connectivity index (χ1v) is 4.92. The molecule has 1 aromatic rings. The highest BCUT2D eigenvalue weighted by molar-refractivity contribution is 6.33. The number of ether oxygens (including phenoxy) is 1. The van der Waals surface area contributed by atoms with Gasteiger partial charge in [-0.2, -0.15) is 0 Å². The van der Waals surface area contributed by atoms with Crippen LogP contribution in [-0.4, -0.2) is 13.7 Å². The number of benzene rings is 1. The fourth-order valence-corrected chi connectivity index (χ4v) is 1.31. The van der Waals surface area contributed by atoms with Gasteiger partial charge in [0.2, 0.25) is 0 Å². The summed E-state index contributed by atoms with van der Waals surface area (Å²) >= 11 is 11.4. The van der Waals surface area contributed by atoms with Gasteiger partial charge in [0.15, 0.2) is 0 Å². The van der Waals surface area contributed by atoms with E-state index in [4.69, 9.17) is 27.9 Å². The first kappa shape index (κ1) is 11.2. The highest BCUT2D eigenvalue weighted by Crippen LogP contribution is 2.26. The predicted molar refractivity (Wildman–Crippen MR) is 61.5 cm³/mol. The molecule has 0 aliphatic carbocycles. The van der Waals surface area contributed by atoms with Crippen LogP contribution in [0.15, 0.2) is 29.8 Å². The van der Waals surface area contributed by atoms with E-state index >= 15 is 0 Å². The molecule has 1 N–H and O–H groups in total. The normalized spacial score (nSPS) is 10.5. The molecule has 0 spiro atoms. The van der Waals surface area contributed by atoms with E-state index in [0.29, 0.717) is 11.6 Å². The Labute approximate surface area is 93.5 Å². The molecule has 14 heavy (non-hydrogen) atoms. The van der Waals surface area contributed by atoms with Gasteiger partial charge in [-0.3, -0.25) is 0 Å². The zero-order valence-electron chi connectivity index (χ0n) is 7.76. The first-order chi connectivity index (χ1) is 6.77. The molecule has 2 nitrogen and oxygen atoms in total. The second-order valence-corrected chi connectivity index (χ2v) is 3.25. The lowest BCUT2D eigenvalue weighted by molar-refractivity contribution is 0.415. The first-order valence-electron chi connectivity index (χ1n) is 4.10. The van der Waals surface area contributed by atoms with Crippen molar-refractivity contribution in [3.8, 4) is 5.75 Å². The minimum Gasteiger partial charge on any atom is -0.497 e. The third-order valence-corrected chi connectivity index (χ3v) is 2.17. The van der Waals surface area contributed by atoms with Crippen molar-refractivity contribution in [1.82, 2.24) is 0 Å². The summed E-state index contributed by atoms with van der Waals surface area (Å²) in [7, 11) is 1.61. The second-order valence-electron chi connectivity index (χ2n) is 2.59. The molecule has 1 aromatic carbocycles. The maximum absolute atomic E-state index is 5.99. The monoisotopic (exact) mass is 231 g/mol. The predicted octanol–water partition coefficient (Wildman–Crippen LogP) is 3.51. The molecule has 4 heteroatoms. The lowest BCUT2D eigenvalue weighted by Crippen LogP contribution is -1.98. The van der Waals surface area contributed by atoms with Crippen LogP contribution in [0.3, 0.4) is 0 Å². The molecule has 0 heterocycles. The quantitative estimate of drug-likeness (QED) is 0.857. The molecule has 0 amide bonds. The van der Waals surface area contributed by atoms with E-state index in [2.05, 4.69) is 5.32 Å². The van der Waals surface area contributed by atoms with Gasteiger partial charge in [0.05, 0.1) is 17.8 Å². The third-order valence-electron chi connectivity index (χ3n) is 1.68. The summed E-state index contributed by atoms with van der Waals surface area (Å²) in [5.41, 5.74) is 2.33. The van der Waals surface area contributed by atoms with Gasteiger partial charge in [-0.1, -0.05) is 29.3 Å². The minimum atomic E-state index is 0.632. The van der Waals surface area contributed by atoms with Crippen molar-refractivity contribution in [2.24, 2.45) is 0 Å². The van der Waals surface area contributed by atoms with Crippen LogP contribution in [0.1, 0.15) is 0 Å². The van der Waals surface area contributed by atoms with E-state index in [9.17, 15) is 0 Å². The number of anilines is 1. The Morgan fingerprint density at radius 2 is 2.29 bits per heavy atom. The summed E-state index contributed by atoms with van der Waals surface area (Å²) in [5, 5.41) is 3.74. The van der Waals surface area contributed by atoms with Crippen LogP contribution in [0, 0.1) is 0 Å². The van der Waals surface area contributed by atoms with Gasteiger partial charge in [-0.25, -0.2) is 0 Å². The maximum atomic E-state index is 5.99. The Bertz CT molecular complexity index is 326. The number of rotatable bonds is 4. The molecule has 0 unspecified atom stereocenters. The molecule has 0 saturated heterocycles. The standard InChI is InChI=1S/C10H11Cl2NO/c1-14-8-3-4-10(9(12)7-8)13-6-2-5-11/h2-5,7,13H,6H2,1H3/b5-2+. The zero-order valence-corrected chi connectivity index (χ0v) is 9.27. The van der Waals surface area contributed by atoms with Crippen molar-refractivity contribution in [1.29, 1.82) is 0 Å². The largest absolute Gasteiger partial charge is 0.497 e. The molecule has 0 bridgehead atoms. The molecular weight excluding hydrogens is 221 g/mol. The molecule has 1 rings (SSSR count). The van der Waals surface area contributed by atoms with E-state index < -0.39 is 0 Å². The highest BCUT2D eigenvalue weighted by atomic mass is 35.5. The Morgan fingerprint density at radius 1 is 1.50 bits per heavy atom. The number of halogens is 2. The van der Waals surface area contributed by atoms with Gasteiger partial charge < -0.3 is 10.1 Å². The fraction of sp³-hybridized carbons (Fsp3) is 0.200. The topological polar surface area (TPSA) is 21.3 Å². The van der Waals surface area contributed by atoms with Gasteiger partial charge in [0.25, 0.3) is 0 Å². The SMILES string of the molecule is COc1ccc(NC/C=C/Cl)c(Cl)c1. The average Bonchev–Trinajstić information content (AvgIpc) is 2.20. The van der Waals surface area contributed by atoms with Gasteiger partial charge in [0, 0.05) is 18.1 Å². The summed E-state index contributed by atoms with van der Waals surface area (Å²) in [5.74, 6) is 0.744.